The van der Waals surface area contributed by atoms with E-state index in [4.69, 9.17) is 5.73 Å². The Labute approximate surface area is 122 Å². The lowest BCUT2D eigenvalue weighted by Gasteiger charge is -2.32. The SMILES string of the molecule is NC1CCN(c2cnc(=O)[nH]c2-c2ccc(O)cc2)CC1. The van der Waals surface area contributed by atoms with Gasteiger partial charge in [0.1, 0.15) is 5.75 Å². The Morgan fingerprint density at radius 2 is 1.90 bits per heavy atom. The maximum atomic E-state index is 11.6. The first-order valence-corrected chi connectivity index (χ1v) is 7.03. The molecule has 2 heterocycles. The number of nitrogens with zero attached hydrogens (tertiary/aromatic N) is 2. The average Bonchev–Trinajstić information content (AvgIpc) is 2.49. The first-order chi connectivity index (χ1) is 10.1. The molecule has 0 spiro atoms. The van der Waals surface area contributed by atoms with Crippen LogP contribution in [0.3, 0.4) is 0 Å². The molecule has 1 aromatic carbocycles. The van der Waals surface area contributed by atoms with E-state index in [2.05, 4.69) is 14.9 Å². The van der Waals surface area contributed by atoms with Crippen LogP contribution in [0.1, 0.15) is 12.8 Å². The second kappa shape index (κ2) is 5.57. The summed E-state index contributed by atoms with van der Waals surface area (Å²) in [6, 6.07) is 7.00. The molecule has 0 aliphatic carbocycles. The van der Waals surface area contributed by atoms with Gasteiger partial charge in [0.2, 0.25) is 0 Å². The van der Waals surface area contributed by atoms with Crippen molar-refractivity contribution in [1.82, 2.24) is 9.97 Å². The molecule has 1 aromatic heterocycles. The molecule has 1 fully saturated rings. The Hall–Kier alpha value is -2.34. The maximum Gasteiger partial charge on any atom is 0.345 e. The van der Waals surface area contributed by atoms with Gasteiger partial charge < -0.3 is 20.7 Å². The Balaban J connectivity index is 2.01. The van der Waals surface area contributed by atoms with Crippen LogP contribution in [-0.2, 0) is 0 Å². The molecule has 0 bridgehead atoms. The molecule has 0 amide bonds. The zero-order valence-corrected chi connectivity index (χ0v) is 11.6. The van der Waals surface area contributed by atoms with E-state index in [-0.39, 0.29) is 17.5 Å². The Kier molecular flexibility index (Phi) is 3.62. The number of anilines is 1. The van der Waals surface area contributed by atoms with Crippen molar-refractivity contribution in [3.05, 3.63) is 40.9 Å². The monoisotopic (exact) mass is 286 g/mol. The van der Waals surface area contributed by atoms with Gasteiger partial charge in [-0.25, -0.2) is 4.79 Å². The number of piperidine rings is 1. The van der Waals surface area contributed by atoms with Crippen LogP contribution in [0.15, 0.2) is 35.3 Å². The van der Waals surface area contributed by atoms with Crippen LogP contribution in [-0.4, -0.2) is 34.2 Å². The van der Waals surface area contributed by atoms with E-state index in [1.54, 1.807) is 30.5 Å². The minimum Gasteiger partial charge on any atom is -0.508 e. The summed E-state index contributed by atoms with van der Waals surface area (Å²) in [7, 11) is 0. The number of nitrogens with one attached hydrogen (secondary N) is 1. The number of hydrogen-bond acceptors (Lipinski definition) is 5. The molecule has 0 atom stereocenters. The lowest BCUT2D eigenvalue weighted by atomic mass is 10.0. The van der Waals surface area contributed by atoms with E-state index < -0.39 is 0 Å². The van der Waals surface area contributed by atoms with Gasteiger partial charge in [0.05, 0.1) is 17.6 Å². The highest BCUT2D eigenvalue weighted by molar-refractivity contribution is 5.74. The molecule has 21 heavy (non-hydrogen) atoms. The average molecular weight is 286 g/mol. The summed E-state index contributed by atoms with van der Waals surface area (Å²) < 4.78 is 0. The first-order valence-electron chi connectivity index (χ1n) is 7.03. The van der Waals surface area contributed by atoms with Gasteiger partial charge in [0.25, 0.3) is 0 Å². The number of nitrogens with two attached hydrogens (primary N) is 1. The number of phenolic OH excluding ortho intramolecular Hbond substituents is 1. The Morgan fingerprint density at radius 3 is 2.57 bits per heavy atom. The van der Waals surface area contributed by atoms with Crippen LogP contribution < -0.4 is 16.3 Å². The van der Waals surface area contributed by atoms with Gasteiger partial charge in [0.15, 0.2) is 0 Å². The number of aromatic hydroxyl groups is 1. The van der Waals surface area contributed by atoms with Crippen LogP contribution >= 0.6 is 0 Å². The van der Waals surface area contributed by atoms with E-state index in [0.29, 0.717) is 0 Å². The molecule has 3 rings (SSSR count). The van der Waals surface area contributed by atoms with Crippen molar-refractivity contribution < 1.29 is 5.11 Å². The van der Waals surface area contributed by atoms with Crippen LogP contribution in [0.25, 0.3) is 11.3 Å². The predicted octanol–water partition coefficient (Wildman–Crippen LogP) is 1.07. The summed E-state index contributed by atoms with van der Waals surface area (Å²) in [4.78, 5) is 20.4. The third-order valence-corrected chi connectivity index (χ3v) is 3.83. The molecule has 6 nitrogen and oxygen atoms in total. The molecule has 6 heteroatoms. The maximum absolute atomic E-state index is 11.6. The van der Waals surface area contributed by atoms with Crippen LogP contribution in [0.5, 0.6) is 5.75 Å². The van der Waals surface area contributed by atoms with Gasteiger partial charge in [-0.3, -0.25) is 0 Å². The lowest BCUT2D eigenvalue weighted by molar-refractivity contribution is 0.475. The molecular formula is C15H18N4O2. The number of aromatic amines is 1. The van der Waals surface area contributed by atoms with Crippen molar-refractivity contribution in [3.8, 4) is 17.0 Å². The Bertz CT molecular complexity index is 673. The van der Waals surface area contributed by atoms with Crippen LogP contribution in [0, 0.1) is 0 Å². The smallest absolute Gasteiger partial charge is 0.345 e. The molecule has 110 valence electrons. The van der Waals surface area contributed by atoms with E-state index >= 15 is 0 Å². The third kappa shape index (κ3) is 2.90. The number of aromatic nitrogens is 2. The van der Waals surface area contributed by atoms with Crippen molar-refractivity contribution in [1.29, 1.82) is 0 Å². The summed E-state index contributed by atoms with van der Waals surface area (Å²) in [5.41, 5.74) is 8.03. The molecule has 0 unspecified atom stereocenters. The minimum absolute atomic E-state index is 0.195. The molecule has 2 aromatic rings. The number of hydrogen-bond donors (Lipinski definition) is 3. The highest BCUT2D eigenvalue weighted by Gasteiger charge is 2.20. The normalized spacial score (nSPS) is 16.1. The third-order valence-electron chi connectivity index (χ3n) is 3.83. The second-order valence-corrected chi connectivity index (χ2v) is 5.32. The molecule has 0 radical (unpaired) electrons. The Morgan fingerprint density at radius 1 is 1.24 bits per heavy atom. The van der Waals surface area contributed by atoms with Crippen molar-refractivity contribution in [2.45, 2.75) is 18.9 Å². The van der Waals surface area contributed by atoms with E-state index in [0.717, 1.165) is 42.9 Å². The lowest BCUT2D eigenvalue weighted by Crippen LogP contribution is -2.40. The summed E-state index contributed by atoms with van der Waals surface area (Å²) in [5.74, 6) is 0.195. The van der Waals surface area contributed by atoms with Crippen LogP contribution in [0.4, 0.5) is 5.69 Å². The second-order valence-electron chi connectivity index (χ2n) is 5.32. The summed E-state index contributed by atoms with van der Waals surface area (Å²) >= 11 is 0. The number of rotatable bonds is 2. The summed E-state index contributed by atoms with van der Waals surface area (Å²) in [5, 5.41) is 9.40. The molecular weight excluding hydrogens is 268 g/mol. The summed E-state index contributed by atoms with van der Waals surface area (Å²) in [6.45, 7) is 1.69. The number of H-pyrrole nitrogens is 1. The van der Waals surface area contributed by atoms with E-state index in [9.17, 15) is 9.90 Å². The largest absolute Gasteiger partial charge is 0.508 e. The molecule has 1 saturated heterocycles. The summed E-state index contributed by atoms with van der Waals surface area (Å²) in [6.07, 6.45) is 3.46. The van der Waals surface area contributed by atoms with Gasteiger partial charge in [-0.2, -0.15) is 4.98 Å². The first kappa shape index (κ1) is 13.6. The van der Waals surface area contributed by atoms with E-state index in [1.807, 2.05) is 0 Å². The fourth-order valence-corrected chi connectivity index (χ4v) is 2.62. The number of phenols is 1. The fourth-order valence-electron chi connectivity index (χ4n) is 2.62. The van der Waals surface area contributed by atoms with Crippen molar-refractivity contribution in [2.24, 2.45) is 5.73 Å². The van der Waals surface area contributed by atoms with Gasteiger partial charge in [-0.05, 0) is 37.1 Å². The van der Waals surface area contributed by atoms with Crippen LogP contribution in [0.2, 0.25) is 0 Å². The molecule has 1 aliphatic rings. The molecule has 0 saturated carbocycles. The zero-order chi connectivity index (χ0) is 14.8. The quantitative estimate of drug-likeness (QED) is 0.767. The van der Waals surface area contributed by atoms with Gasteiger partial charge in [0, 0.05) is 24.7 Å². The van der Waals surface area contributed by atoms with Gasteiger partial charge in [-0.15, -0.1) is 0 Å². The topological polar surface area (TPSA) is 95.2 Å². The molecule has 1 aliphatic heterocycles. The van der Waals surface area contributed by atoms with Crippen molar-refractivity contribution >= 4 is 5.69 Å². The highest BCUT2D eigenvalue weighted by atomic mass is 16.3. The highest BCUT2D eigenvalue weighted by Crippen LogP contribution is 2.29. The number of benzene rings is 1. The zero-order valence-electron chi connectivity index (χ0n) is 11.6. The van der Waals surface area contributed by atoms with Gasteiger partial charge >= 0.3 is 5.69 Å². The van der Waals surface area contributed by atoms with Crippen molar-refractivity contribution in [3.63, 3.8) is 0 Å². The van der Waals surface area contributed by atoms with Gasteiger partial charge in [-0.1, -0.05) is 0 Å². The van der Waals surface area contributed by atoms with E-state index in [1.165, 1.54) is 0 Å². The van der Waals surface area contributed by atoms with Crippen molar-refractivity contribution in [2.75, 3.05) is 18.0 Å². The fraction of sp³-hybridized carbons (Fsp3) is 0.333. The predicted molar refractivity (Wildman–Crippen MR) is 81.4 cm³/mol. The molecule has 4 N–H and O–H groups in total. The standard InChI is InChI=1S/C15H18N4O2/c16-11-5-7-19(8-6-11)13-9-17-15(21)18-14(13)10-1-3-12(20)4-2-10/h1-4,9,11,20H,5-8,16H2,(H,17,18,21). The minimum atomic E-state index is -0.379.